The SMILES string of the molecule is Oc1ccc2c(c1)N(c1ccccn1)c1cccnc1[Se]2. The molecule has 3 aromatic rings. The molecule has 5 heteroatoms. The number of anilines is 3. The zero-order valence-electron chi connectivity index (χ0n) is 11.0. The summed E-state index contributed by atoms with van der Waals surface area (Å²) in [4.78, 5) is 11.0. The van der Waals surface area contributed by atoms with E-state index in [0.29, 0.717) is 0 Å². The van der Waals surface area contributed by atoms with Crippen LogP contribution in [-0.2, 0) is 0 Å². The van der Waals surface area contributed by atoms with E-state index in [2.05, 4.69) is 14.9 Å². The molecule has 4 rings (SSSR count). The van der Waals surface area contributed by atoms with Gasteiger partial charge in [0.25, 0.3) is 0 Å². The summed E-state index contributed by atoms with van der Waals surface area (Å²) in [5.41, 5.74) is 2.02. The number of aromatic hydroxyl groups is 1. The van der Waals surface area contributed by atoms with Gasteiger partial charge in [0.05, 0.1) is 0 Å². The van der Waals surface area contributed by atoms with E-state index in [1.807, 2.05) is 42.6 Å². The van der Waals surface area contributed by atoms with E-state index in [1.54, 1.807) is 18.3 Å². The van der Waals surface area contributed by atoms with Gasteiger partial charge in [-0.25, -0.2) is 0 Å². The summed E-state index contributed by atoms with van der Waals surface area (Å²) >= 11 is 0.130. The van der Waals surface area contributed by atoms with Crippen LogP contribution in [0.4, 0.5) is 17.2 Å². The summed E-state index contributed by atoms with van der Waals surface area (Å²) in [7, 11) is 0. The molecule has 0 bridgehead atoms. The fourth-order valence-electron chi connectivity index (χ4n) is 2.36. The fraction of sp³-hybridized carbons (Fsp3) is 0. The van der Waals surface area contributed by atoms with E-state index in [1.165, 1.54) is 4.46 Å². The molecule has 0 spiro atoms. The van der Waals surface area contributed by atoms with E-state index in [-0.39, 0.29) is 20.7 Å². The Bertz CT molecular complexity index is 808. The Morgan fingerprint density at radius 2 is 1.81 bits per heavy atom. The van der Waals surface area contributed by atoms with Crippen molar-refractivity contribution in [1.82, 2.24) is 9.97 Å². The molecular formula is C16H11N3OSe. The predicted octanol–water partition coefficient (Wildman–Crippen LogP) is 1.62. The van der Waals surface area contributed by atoms with Crippen molar-refractivity contribution in [3.63, 3.8) is 0 Å². The standard InChI is InChI=1S/C16H11N3OSe/c20-11-6-7-14-13(10-11)19(15-5-1-2-8-17-15)12-4-3-9-18-16(12)21-14/h1-10,20H. The minimum atomic E-state index is 0.130. The Balaban J connectivity index is 1.98. The first-order valence-electron chi connectivity index (χ1n) is 6.50. The second kappa shape index (κ2) is 4.88. The van der Waals surface area contributed by atoms with E-state index in [0.717, 1.165) is 21.8 Å². The van der Waals surface area contributed by atoms with E-state index in [9.17, 15) is 5.11 Å². The molecular weight excluding hydrogens is 329 g/mol. The van der Waals surface area contributed by atoms with Gasteiger partial charge in [0.1, 0.15) is 0 Å². The number of hydrogen-bond donors (Lipinski definition) is 1. The quantitative estimate of drug-likeness (QED) is 0.535. The number of phenols is 1. The molecule has 0 atom stereocenters. The molecule has 102 valence electrons. The van der Waals surface area contributed by atoms with Gasteiger partial charge in [-0.05, 0) is 0 Å². The number of benzene rings is 1. The summed E-state index contributed by atoms with van der Waals surface area (Å²) in [6.45, 7) is 0. The van der Waals surface area contributed by atoms with Gasteiger partial charge < -0.3 is 0 Å². The average molecular weight is 340 g/mol. The number of rotatable bonds is 1. The molecule has 4 nitrogen and oxygen atoms in total. The normalized spacial score (nSPS) is 12.7. The first kappa shape index (κ1) is 12.4. The zero-order valence-corrected chi connectivity index (χ0v) is 12.7. The molecule has 0 saturated carbocycles. The Labute approximate surface area is 128 Å². The van der Waals surface area contributed by atoms with Crippen LogP contribution in [0.3, 0.4) is 0 Å². The fourth-order valence-corrected chi connectivity index (χ4v) is 4.41. The van der Waals surface area contributed by atoms with Crippen LogP contribution in [0.15, 0.2) is 60.9 Å². The first-order chi connectivity index (χ1) is 10.3. The van der Waals surface area contributed by atoms with Crippen molar-refractivity contribution in [3.05, 3.63) is 60.9 Å². The molecule has 1 aliphatic heterocycles. The van der Waals surface area contributed by atoms with Crippen molar-refractivity contribution in [3.8, 4) is 5.75 Å². The number of nitrogens with zero attached hydrogens (tertiary/aromatic N) is 3. The van der Waals surface area contributed by atoms with Crippen LogP contribution < -0.4 is 14.0 Å². The molecule has 1 N–H and O–H groups in total. The molecule has 1 aromatic carbocycles. The second-order valence-corrected chi connectivity index (χ2v) is 6.77. The van der Waals surface area contributed by atoms with Gasteiger partial charge in [-0.1, -0.05) is 0 Å². The van der Waals surface area contributed by atoms with Crippen LogP contribution in [0.25, 0.3) is 0 Å². The van der Waals surface area contributed by atoms with Gasteiger partial charge in [-0.3, -0.25) is 0 Å². The minimum absolute atomic E-state index is 0.130. The molecule has 2 aromatic heterocycles. The molecule has 1 aliphatic rings. The van der Waals surface area contributed by atoms with Crippen LogP contribution in [0.5, 0.6) is 5.75 Å². The van der Waals surface area contributed by atoms with Crippen molar-refractivity contribution < 1.29 is 5.11 Å². The van der Waals surface area contributed by atoms with E-state index < -0.39 is 0 Å². The van der Waals surface area contributed by atoms with Crippen molar-refractivity contribution >= 4 is 41.2 Å². The Hall–Kier alpha value is -2.36. The summed E-state index contributed by atoms with van der Waals surface area (Å²) in [6.07, 6.45) is 3.59. The molecule has 21 heavy (non-hydrogen) atoms. The average Bonchev–Trinajstić information content (AvgIpc) is 2.53. The first-order valence-corrected chi connectivity index (χ1v) is 8.21. The van der Waals surface area contributed by atoms with Crippen molar-refractivity contribution in [2.45, 2.75) is 0 Å². The number of fused-ring (bicyclic) bond motifs is 2. The van der Waals surface area contributed by atoms with Crippen LogP contribution in [-0.4, -0.2) is 30.0 Å². The van der Waals surface area contributed by atoms with Gasteiger partial charge in [0, 0.05) is 0 Å². The molecule has 0 radical (unpaired) electrons. The summed E-state index contributed by atoms with van der Waals surface area (Å²) in [5.74, 6) is 1.09. The van der Waals surface area contributed by atoms with Gasteiger partial charge in [0.15, 0.2) is 0 Å². The van der Waals surface area contributed by atoms with E-state index >= 15 is 0 Å². The van der Waals surface area contributed by atoms with Crippen LogP contribution >= 0.6 is 0 Å². The topological polar surface area (TPSA) is 49.2 Å². The van der Waals surface area contributed by atoms with Crippen molar-refractivity contribution in [1.29, 1.82) is 0 Å². The van der Waals surface area contributed by atoms with E-state index in [4.69, 9.17) is 0 Å². The Morgan fingerprint density at radius 3 is 2.67 bits per heavy atom. The molecule has 0 aliphatic carbocycles. The predicted molar refractivity (Wildman–Crippen MR) is 83.4 cm³/mol. The Kier molecular flexibility index (Phi) is 2.88. The third kappa shape index (κ3) is 2.07. The third-order valence-corrected chi connectivity index (χ3v) is 5.51. The summed E-state index contributed by atoms with van der Waals surface area (Å²) in [5, 5.41) is 9.85. The van der Waals surface area contributed by atoms with Crippen molar-refractivity contribution in [2.24, 2.45) is 0 Å². The second-order valence-electron chi connectivity index (χ2n) is 4.61. The van der Waals surface area contributed by atoms with Crippen LogP contribution in [0, 0.1) is 0 Å². The number of aromatic nitrogens is 2. The van der Waals surface area contributed by atoms with Gasteiger partial charge in [-0.15, -0.1) is 0 Å². The molecule has 0 unspecified atom stereocenters. The van der Waals surface area contributed by atoms with Gasteiger partial charge in [0.2, 0.25) is 0 Å². The molecule has 3 heterocycles. The monoisotopic (exact) mass is 341 g/mol. The van der Waals surface area contributed by atoms with Crippen molar-refractivity contribution in [2.75, 3.05) is 4.90 Å². The molecule has 0 amide bonds. The van der Waals surface area contributed by atoms with Crippen LogP contribution in [0.2, 0.25) is 0 Å². The number of phenolic OH excluding ortho intramolecular Hbond substituents is 1. The maximum atomic E-state index is 9.85. The van der Waals surface area contributed by atoms with Gasteiger partial charge >= 0.3 is 128 Å². The third-order valence-electron chi connectivity index (χ3n) is 3.26. The zero-order chi connectivity index (χ0) is 14.2. The molecule has 0 fully saturated rings. The number of hydrogen-bond acceptors (Lipinski definition) is 4. The Morgan fingerprint density at radius 1 is 0.905 bits per heavy atom. The maximum absolute atomic E-state index is 9.85. The summed E-state index contributed by atoms with van der Waals surface area (Å²) < 4.78 is 2.27. The van der Waals surface area contributed by atoms with Gasteiger partial charge in [-0.2, -0.15) is 0 Å². The van der Waals surface area contributed by atoms with Crippen LogP contribution in [0.1, 0.15) is 0 Å². The number of pyridine rings is 2. The summed E-state index contributed by atoms with van der Waals surface area (Å²) in [6, 6.07) is 15.3. The molecule has 0 saturated heterocycles.